The highest BCUT2D eigenvalue weighted by Gasteiger charge is 2.19. The first-order chi connectivity index (χ1) is 18.3. The molecule has 0 spiro atoms. The molecule has 0 aliphatic heterocycles. The topological polar surface area (TPSA) is 89.9 Å². The lowest BCUT2D eigenvalue weighted by Gasteiger charge is -2.23. The van der Waals surface area contributed by atoms with Crippen LogP contribution in [0.15, 0.2) is 54.6 Å². The van der Waals surface area contributed by atoms with E-state index in [1.54, 1.807) is 19.1 Å². The van der Waals surface area contributed by atoms with Gasteiger partial charge in [-0.2, -0.15) is 0 Å². The van der Waals surface area contributed by atoms with E-state index in [4.69, 9.17) is 14.6 Å². The summed E-state index contributed by atoms with van der Waals surface area (Å²) in [5.74, 6) is -1.43. The standard InChI is InChI=1S/C24H30O4.C9H10O2/c1-15-7-10-21(11-8-15)22-12-9-16(2)23(13-17(3)27-19(5)25)24(22)14-18(4)28-20(6)26;1-6-3-4-8(9(10)11)7(2)5-6/h7-12,17-18H,13-14H2,1-6H3;3-5H,1-2H3,(H,10,11)/t17-,18-;/m0./s1. The van der Waals surface area contributed by atoms with Gasteiger partial charge in [0.05, 0.1) is 5.56 Å². The number of carbonyl (C=O) groups excluding carboxylic acids is 2. The molecular weight excluding hydrogens is 492 g/mol. The molecule has 0 saturated carbocycles. The molecule has 6 nitrogen and oxygen atoms in total. The Labute approximate surface area is 232 Å². The maximum atomic E-state index is 11.4. The molecule has 0 unspecified atom stereocenters. The van der Waals surface area contributed by atoms with Crippen LogP contribution in [0.2, 0.25) is 0 Å². The normalized spacial score (nSPS) is 12.0. The molecule has 0 radical (unpaired) electrons. The van der Waals surface area contributed by atoms with Crippen molar-refractivity contribution in [2.75, 3.05) is 0 Å². The van der Waals surface area contributed by atoms with Crippen LogP contribution in [0.5, 0.6) is 0 Å². The summed E-state index contributed by atoms with van der Waals surface area (Å²) in [4.78, 5) is 33.3. The van der Waals surface area contributed by atoms with Crippen LogP contribution in [-0.2, 0) is 31.9 Å². The second-order valence-electron chi connectivity index (χ2n) is 10.1. The van der Waals surface area contributed by atoms with Crippen molar-refractivity contribution < 1.29 is 29.0 Å². The number of aryl methyl sites for hydroxylation is 4. The number of carboxylic acids is 1. The smallest absolute Gasteiger partial charge is 0.335 e. The van der Waals surface area contributed by atoms with Gasteiger partial charge in [0.1, 0.15) is 12.2 Å². The van der Waals surface area contributed by atoms with E-state index in [1.807, 2.05) is 26.8 Å². The number of aromatic carboxylic acids is 1. The van der Waals surface area contributed by atoms with Crippen LogP contribution in [0, 0.1) is 27.7 Å². The van der Waals surface area contributed by atoms with E-state index >= 15 is 0 Å². The Bertz CT molecular complexity index is 1310. The van der Waals surface area contributed by atoms with Crippen molar-refractivity contribution >= 4 is 17.9 Å². The highest BCUT2D eigenvalue weighted by Crippen LogP contribution is 2.31. The highest BCUT2D eigenvalue weighted by molar-refractivity contribution is 5.89. The van der Waals surface area contributed by atoms with E-state index < -0.39 is 5.97 Å². The third-order valence-corrected chi connectivity index (χ3v) is 6.36. The summed E-state index contributed by atoms with van der Waals surface area (Å²) >= 11 is 0. The Morgan fingerprint density at radius 1 is 0.692 bits per heavy atom. The fourth-order valence-corrected chi connectivity index (χ4v) is 4.61. The lowest BCUT2D eigenvalue weighted by molar-refractivity contribution is -0.146. The van der Waals surface area contributed by atoms with Crippen molar-refractivity contribution in [1.29, 1.82) is 0 Å². The van der Waals surface area contributed by atoms with Crippen LogP contribution in [0.1, 0.15) is 71.4 Å². The van der Waals surface area contributed by atoms with E-state index in [-0.39, 0.29) is 24.1 Å². The summed E-state index contributed by atoms with van der Waals surface area (Å²) in [5, 5.41) is 8.66. The Kier molecular flexibility index (Phi) is 11.5. The molecule has 2 atom stereocenters. The van der Waals surface area contributed by atoms with Gasteiger partial charge in [-0.25, -0.2) is 4.79 Å². The summed E-state index contributed by atoms with van der Waals surface area (Å²) < 4.78 is 10.8. The molecular formula is C33H40O6. The molecule has 3 aromatic rings. The predicted octanol–water partition coefficient (Wildman–Crippen LogP) is 6.96. The number of carbonyl (C=O) groups is 3. The quantitative estimate of drug-likeness (QED) is 0.315. The number of hydrogen-bond donors (Lipinski definition) is 1. The van der Waals surface area contributed by atoms with Crippen molar-refractivity contribution in [2.45, 2.75) is 80.4 Å². The number of esters is 2. The fourth-order valence-electron chi connectivity index (χ4n) is 4.61. The van der Waals surface area contributed by atoms with Gasteiger partial charge in [-0.15, -0.1) is 0 Å². The minimum absolute atomic E-state index is 0.229. The van der Waals surface area contributed by atoms with Crippen molar-refractivity contribution in [2.24, 2.45) is 0 Å². The molecule has 3 aromatic carbocycles. The Hall–Kier alpha value is -3.93. The Balaban J connectivity index is 0.000000404. The molecule has 0 fully saturated rings. The van der Waals surface area contributed by atoms with Crippen LogP contribution >= 0.6 is 0 Å². The lowest BCUT2D eigenvalue weighted by Crippen LogP contribution is -2.20. The van der Waals surface area contributed by atoms with Gasteiger partial charge in [0, 0.05) is 26.7 Å². The van der Waals surface area contributed by atoms with Crippen LogP contribution in [0.4, 0.5) is 0 Å². The zero-order valence-corrected chi connectivity index (χ0v) is 24.3. The summed E-state index contributed by atoms with van der Waals surface area (Å²) in [5.41, 5.74) is 9.16. The van der Waals surface area contributed by atoms with Gasteiger partial charge in [-0.3, -0.25) is 9.59 Å². The minimum Gasteiger partial charge on any atom is -0.478 e. The average Bonchev–Trinajstić information content (AvgIpc) is 2.81. The predicted molar refractivity (Wildman–Crippen MR) is 154 cm³/mol. The first-order valence-corrected chi connectivity index (χ1v) is 13.1. The van der Waals surface area contributed by atoms with E-state index in [0.717, 1.165) is 38.9 Å². The Morgan fingerprint density at radius 2 is 1.21 bits per heavy atom. The third-order valence-electron chi connectivity index (χ3n) is 6.36. The molecule has 0 heterocycles. The van der Waals surface area contributed by atoms with Gasteiger partial charge in [-0.1, -0.05) is 59.7 Å². The van der Waals surface area contributed by atoms with E-state index in [9.17, 15) is 14.4 Å². The van der Waals surface area contributed by atoms with E-state index in [0.29, 0.717) is 18.4 Å². The van der Waals surface area contributed by atoms with Crippen molar-refractivity contribution in [3.05, 3.63) is 93.5 Å². The summed E-state index contributed by atoms with van der Waals surface area (Å²) in [6.07, 6.45) is 0.748. The van der Waals surface area contributed by atoms with Gasteiger partial charge in [0.25, 0.3) is 0 Å². The first kappa shape index (κ1) is 31.3. The van der Waals surface area contributed by atoms with Gasteiger partial charge >= 0.3 is 17.9 Å². The molecule has 1 N–H and O–H groups in total. The number of benzene rings is 3. The molecule has 0 aliphatic rings. The molecule has 0 aromatic heterocycles. The third kappa shape index (κ3) is 9.71. The SMILES string of the molecule is CC(=O)O[C@@H](C)Cc1c(C)ccc(-c2ccc(C)cc2)c1C[C@H](C)OC(C)=O.Cc1ccc(C(=O)O)c(C)c1. The summed E-state index contributed by atoms with van der Waals surface area (Å²) in [6, 6.07) is 17.9. The maximum Gasteiger partial charge on any atom is 0.335 e. The second-order valence-corrected chi connectivity index (χ2v) is 10.1. The average molecular weight is 533 g/mol. The van der Waals surface area contributed by atoms with E-state index in [2.05, 4.69) is 50.2 Å². The largest absolute Gasteiger partial charge is 0.478 e. The molecule has 0 amide bonds. The van der Waals surface area contributed by atoms with Gasteiger partial charge in [0.2, 0.25) is 0 Å². The molecule has 3 rings (SSSR count). The maximum absolute atomic E-state index is 11.4. The molecule has 6 heteroatoms. The molecule has 0 saturated heterocycles. The number of rotatable bonds is 8. The molecule has 0 aliphatic carbocycles. The number of carboxylic acid groups (broad SMARTS) is 1. The summed E-state index contributed by atoms with van der Waals surface area (Å²) in [7, 11) is 0. The van der Waals surface area contributed by atoms with Crippen molar-refractivity contribution in [1.82, 2.24) is 0 Å². The van der Waals surface area contributed by atoms with Crippen LogP contribution in [-0.4, -0.2) is 35.2 Å². The molecule has 39 heavy (non-hydrogen) atoms. The fraction of sp³-hybridized carbons (Fsp3) is 0.364. The number of hydrogen-bond acceptors (Lipinski definition) is 5. The first-order valence-electron chi connectivity index (χ1n) is 13.1. The highest BCUT2D eigenvalue weighted by atomic mass is 16.5. The van der Waals surface area contributed by atoms with Crippen molar-refractivity contribution in [3.63, 3.8) is 0 Å². The molecule has 0 bridgehead atoms. The lowest BCUT2D eigenvalue weighted by atomic mass is 9.87. The van der Waals surface area contributed by atoms with Gasteiger partial charge < -0.3 is 14.6 Å². The van der Waals surface area contributed by atoms with Crippen LogP contribution in [0.25, 0.3) is 11.1 Å². The molecule has 208 valence electrons. The zero-order valence-electron chi connectivity index (χ0n) is 24.3. The van der Waals surface area contributed by atoms with Gasteiger partial charge in [0.15, 0.2) is 0 Å². The second kappa shape index (κ2) is 14.3. The van der Waals surface area contributed by atoms with Gasteiger partial charge in [-0.05, 0) is 81.0 Å². The monoisotopic (exact) mass is 532 g/mol. The van der Waals surface area contributed by atoms with Crippen LogP contribution < -0.4 is 0 Å². The Morgan fingerprint density at radius 3 is 1.69 bits per heavy atom. The van der Waals surface area contributed by atoms with Crippen LogP contribution in [0.3, 0.4) is 0 Å². The zero-order chi connectivity index (χ0) is 29.3. The summed E-state index contributed by atoms with van der Waals surface area (Å²) in [6.45, 7) is 14.5. The number of ether oxygens (including phenoxy) is 2. The van der Waals surface area contributed by atoms with Crippen molar-refractivity contribution in [3.8, 4) is 11.1 Å². The van der Waals surface area contributed by atoms with E-state index in [1.165, 1.54) is 19.4 Å². The minimum atomic E-state index is -0.859.